The number of ether oxygens (including phenoxy) is 2. The maximum Gasteiger partial charge on any atom is 3.00 e. The zero-order valence-corrected chi connectivity index (χ0v) is 32.3. The Hall–Kier alpha value is -7.08. The molecule has 57 heavy (non-hydrogen) atoms. The van der Waals surface area contributed by atoms with Crippen LogP contribution in [-0.2, 0) is 40.6 Å². The molecule has 0 saturated heterocycles. The van der Waals surface area contributed by atoms with Crippen molar-refractivity contribution in [1.82, 2.24) is 39.0 Å². The molecule has 2 aliphatic rings. The summed E-state index contributed by atoms with van der Waals surface area (Å²) in [5.74, 6) is 0.523. The van der Waals surface area contributed by atoms with Gasteiger partial charge in [-0.05, 0) is 70.8 Å². The summed E-state index contributed by atoms with van der Waals surface area (Å²) in [6.07, 6.45) is 15.1. The summed E-state index contributed by atoms with van der Waals surface area (Å²) in [6.45, 7) is 0. The predicted octanol–water partition coefficient (Wildman–Crippen LogP) is 7.62. The van der Waals surface area contributed by atoms with Gasteiger partial charge in [0.2, 0.25) is 0 Å². The van der Waals surface area contributed by atoms with Gasteiger partial charge in [0, 0.05) is 50.0 Å². The fraction of sp³-hybridized carbons (Fsp3) is 0.0909. The molecule has 5 aromatic heterocycles. The Bertz CT molecular complexity index is 2750. The van der Waals surface area contributed by atoms with Gasteiger partial charge < -0.3 is 28.6 Å². The smallest absolute Gasteiger partial charge is 0.657 e. The number of methoxy groups -OCH3 is 2. The molecule has 0 saturated carbocycles. The van der Waals surface area contributed by atoms with Crippen LogP contribution in [0.2, 0.25) is 0 Å². The molecule has 0 spiro atoms. The maximum absolute atomic E-state index is 12.4. The number of hydrogen-bond acceptors (Lipinski definition) is 8. The van der Waals surface area contributed by atoms with Crippen molar-refractivity contribution in [2.45, 2.75) is 0 Å². The van der Waals surface area contributed by atoms with Crippen LogP contribution in [0.4, 0.5) is 0 Å². The molecule has 0 atom stereocenters. The quantitative estimate of drug-likeness (QED) is 0.122. The number of esters is 2. The Labute approximate surface area is 337 Å². The number of carbonyl (C=O) groups excluding carboxylic acids is 2. The van der Waals surface area contributed by atoms with Gasteiger partial charge in [-0.15, -0.1) is 22.1 Å². The maximum atomic E-state index is 12.4. The van der Waals surface area contributed by atoms with Crippen molar-refractivity contribution in [2.75, 3.05) is 14.2 Å². The first-order chi connectivity index (χ1) is 27.3. The van der Waals surface area contributed by atoms with E-state index in [2.05, 4.69) is 0 Å². The van der Waals surface area contributed by atoms with Crippen LogP contribution in [0.1, 0.15) is 43.5 Å². The molecular weight excluding hydrogens is 759 g/mol. The number of carbonyl (C=O) groups is 2. The summed E-state index contributed by atoms with van der Waals surface area (Å²) in [6, 6.07) is 22.3. The largest absolute Gasteiger partial charge is 3.00 e. The Morgan fingerprint density at radius 2 is 0.842 bits per heavy atom. The Morgan fingerprint density at radius 3 is 1.16 bits per heavy atom. The number of rotatable bonds is 6. The number of aryl methyl sites for hydroxylation is 2. The average Bonchev–Trinajstić information content (AvgIpc) is 4.09. The number of imidazole rings is 2. The SMILES string of the molecule is COC(=O)c1ccc(-c2c3nc(c(-c4nccn4C)c4ccc([n-]4)c(-c4ccc(C(=O)OC)cc4)c4nc(c(-c5nccn5C)c5ccc2[n-]5)C=C4)C=C3)cc1.[Mn+3]. The number of nitrogens with zero attached hydrogens (tertiary/aromatic N) is 8. The van der Waals surface area contributed by atoms with E-state index in [1.807, 2.05) is 108 Å². The molecule has 8 bridgehead atoms. The second kappa shape index (κ2) is 14.9. The van der Waals surface area contributed by atoms with Gasteiger partial charge in [0.05, 0.1) is 48.1 Å². The standard InChI is InChI=1S/C44H33N8O4.Mn/c1-51-23-21-45-41(51)39-33-17-13-29(47-33)37(25-5-9-27(10-6-25)43(53)55-3)31-15-19-35(49-31)40(42-46-22-24-52(42)2)36-20-16-32(50-36)38(30-14-18-34(39)48-30)26-7-11-28(12-8-26)44(54)56-4;/h5-24H,1-4H3,(H-,45,46,47,48,49,50,53,54);/q-1;+3/p-1. The van der Waals surface area contributed by atoms with Crippen LogP contribution in [0.5, 0.6) is 0 Å². The van der Waals surface area contributed by atoms with E-state index in [0.29, 0.717) is 67.6 Å². The third-order valence-corrected chi connectivity index (χ3v) is 9.89. The first-order valence-electron chi connectivity index (χ1n) is 17.7. The predicted molar refractivity (Wildman–Crippen MR) is 215 cm³/mol. The van der Waals surface area contributed by atoms with Crippen LogP contribution >= 0.6 is 0 Å². The van der Waals surface area contributed by atoms with Crippen molar-refractivity contribution in [3.8, 4) is 45.0 Å². The van der Waals surface area contributed by atoms with Gasteiger partial charge in [0.15, 0.2) is 0 Å². The van der Waals surface area contributed by atoms with Crippen LogP contribution < -0.4 is 9.97 Å². The molecule has 0 fully saturated rings. The molecule has 0 radical (unpaired) electrons. The Balaban J connectivity index is 0.00000455. The van der Waals surface area contributed by atoms with Crippen molar-refractivity contribution in [3.63, 3.8) is 0 Å². The molecule has 7 aromatic rings. The third-order valence-electron chi connectivity index (χ3n) is 9.89. The van der Waals surface area contributed by atoms with E-state index in [1.54, 1.807) is 36.7 Å². The molecule has 0 aliphatic carbocycles. The van der Waals surface area contributed by atoms with Gasteiger partial charge in [0.25, 0.3) is 0 Å². The molecule has 9 rings (SSSR count). The zero-order chi connectivity index (χ0) is 38.5. The van der Waals surface area contributed by atoms with Crippen molar-refractivity contribution in [1.29, 1.82) is 0 Å². The second-order valence-corrected chi connectivity index (χ2v) is 13.2. The summed E-state index contributed by atoms with van der Waals surface area (Å²) in [4.78, 5) is 55.1. The minimum absolute atomic E-state index is 0. The van der Waals surface area contributed by atoms with Gasteiger partial charge in [-0.2, -0.15) is 0 Å². The van der Waals surface area contributed by atoms with Gasteiger partial charge >= 0.3 is 29.0 Å². The van der Waals surface area contributed by atoms with E-state index in [9.17, 15) is 9.59 Å². The Kier molecular flexibility index (Phi) is 9.62. The zero-order valence-electron chi connectivity index (χ0n) is 31.1. The fourth-order valence-corrected chi connectivity index (χ4v) is 7.13. The number of fused-ring (bicyclic) bond motifs is 8. The van der Waals surface area contributed by atoms with E-state index in [0.717, 1.165) is 33.4 Å². The molecule has 278 valence electrons. The molecule has 13 heteroatoms. The topological polar surface area (TPSA) is 142 Å². The van der Waals surface area contributed by atoms with Crippen LogP contribution in [0.25, 0.3) is 91.4 Å². The monoisotopic (exact) mass is 791 g/mol. The third kappa shape index (κ3) is 6.48. The minimum Gasteiger partial charge on any atom is -0.657 e. The van der Waals surface area contributed by atoms with Gasteiger partial charge in [-0.3, -0.25) is 0 Å². The molecule has 0 unspecified atom stereocenters. The number of benzene rings is 2. The summed E-state index contributed by atoms with van der Waals surface area (Å²) in [7, 11) is 6.59. The van der Waals surface area contributed by atoms with E-state index >= 15 is 0 Å². The van der Waals surface area contributed by atoms with Crippen molar-refractivity contribution in [3.05, 3.63) is 131 Å². The average molecular weight is 792 g/mol. The van der Waals surface area contributed by atoms with Gasteiger partial charge in [-0.1, -0.05) is 48.5 Å². The summed E-state index contributed by atoms with van der Waals surface area (Å²) in [5.41, 5.74) is 10.8. The van der Waals surface area contributed by atoms with Gasteiger partial charge in [0.1, 0.15) is 11.6 Å². The molecule has 0 amide bonds. The summed E-state index contributed by atoms with van der Waals surface area (Å²) in [5, 5.41) is 0. The van der Waals surface area contributed by atoms with Crippen molar-refractivity contribution >= 4 is 58.3 Å². The molecule has 7 heterocycles. The molecular formula is C44H32MnN8O4+. The second-order valence-electron chi connectivity index (χ2n) is 13.2. The van der Waals surface area contributed by atoms with Crippen LogP contribution in [0, 0.1) is 0 Å². The van der Waals surface area contributed by atoms with Crippen molar-refractivity contribution in [2.24, 2.45) is 14.1 Å². The molecule has 0 N–H and O–H groups in total. The first-order valence-corrected chi connectivity index (χ1v) is 17.7. The van der Waals surface area contributed by atoms with Crippen LogP contribution in [0.3, 0.4) is 0 Å². The summed E-state index contributed by atoms with van der Waals surface area (Å²) >= 11 is 0. The number of hydrogen-bond donors (Lipinski definition) is 0. The number of aromatic nitrogens is 8. The normalized spacial score (nSPS) is 11.7. The minimum atomic E-state index is -0.424. The van der Waals surface area contributed by atoms with E-state index in [1.165, 1.54) is 14.2 Å². The van der Waals surface area contributed by atoms with E-state index < -0.39 is 11.9 Å². The fourth-order valence-electron chi connectivity index (χ4n) is 7.13. The molecule has 2 aromatic carbocycles. The Morgan fingerprint density at radius 1 is 0.509 bits per heavy atom. The first kappa shape index (κ1) is 36.9. The molecule has 2 aliphatic heterocycles. The van der Waals surface area contributed by atoms with Gasteiger partial charge in [-0.25, -0.2) is 29.5 Å². The van der Waals surface area contributed by atoms with E-state index in [-0.39, 0.29) is 17.1 Å². The van der Waals surface area contributed by atoms with Crippen molar-refractivity contribution < 1.29 is 36.1 Å². The van der Waals surface area contributed by atoms with Crippen LogP contribution in [-0.4, -0.2) is 55.2 Å². The molecule has 12 nitrogen and oxygen atoms in total. The van der Waals surface area contributed by atoms with Crippen LogP contribution in [0.15, 0.2) is 97.6 Å². The summed E-state index contributed by atoms with van der Waals surface area (Å²) < 4.78 is 13.8. The van der Waals surface area contributed by atoms with E-state index in [4.69, 9.17) is 39.4 Å².